The van der Waals surface area contributed by atoms with Crippen molar-refractivity contribution in [1.82, 2.24) is 0 Å². The van der Waals surface area contributed by atoms with Gasteiger partial charge in [-0.3, -0.25) is 0 Å². The SMILES string of the molecule is CO[Si](OC)(C(C)C)C1CC1. The average Bonchev–Trinajstić information content (AvgIpc) is 2.74. The maximum atomic E-state index is 5.59. The largest absolute Gasteiger partial charge is 0.397 e. The number of hydrogen-bond donors (Lipinski definition) is 0. The van der Waals surface area contributed by atoms with Gasteiger partial charge in [-0.1, -0.05) is 13.8 Å². The van der Waals surface area contributed by atoms with Gasteiger partial charge >= 0.3 is 8.56 Å². The lowest BCUT2D eigenvalue weighted by Gasteiger charge is -2.30. The van der Waals surface area contributed by atoms with Gasteiger partial charge in [0.15, 0.2) is 0 Å². The first kappa shape index (κ1) is 9.23. The predicted octanol–water partition coefficient (Wildman–Crippen LogP) is 2.30. The van der Waals surface area contributed by atoms with Crippen LogP contribution in [-0.4, -0.2) is 22.8 Å². The fourth-order valence-corrected chi connectivity index (χ4v) is 5.54. The van der Waals surface area contributed by atoms with E-state index in [2.05, 4.69) is 13.8 Å². The van der Waals surface area contributed by atoms with Crippen LogP contribution in [-0.2, 0) is 8.85 Å². The molecular weight excluding hydrogens is 156 g/mol. The molecule has 0 radical (unpaired) electrons. The van der Waals surface area contributed by atoms with Gasteiger partial charge in [-0.15, -0.1) is 0 Å². The molecule has 0 atom stereocenters. The zero-order chi connectivity index (χ0) is 8.48. The second-order valence-electron chi connectivity index (χ2n) is 3.56. The minimum absolute atomic E-state index is 0.574. The van der Waals surface area contributed by atoms with Crippen LogP contribution in [0.4, 0.5) is 0 Å². The minimum atomic E-state index is -1.79. The molecule has 1 fully saturated rings. The highest BCUT2D eigenvalue weighted by Gasteiger charge is 2.52. The van der Waals surface area contributed by atoms with E-state index in [9.17, 15) is 0 Å². The Labute approximate surface area is 70.1 Å². The summed E-state index contributed by atoms with van der Waals surface area (Å²) in [7, 11) is 1.81. The Bertz CT molecular complexity index is 124. The smallest absolute Gasteiger partial charge is 0.343 e. The first-order chi connectivity index (χ1) is 5.17. The van der Waals surface area contributed by atoms with Crippen LogP contribution in [0.3, 0.4) is 0 Å². The molecule has 0 saturated heterocycles. The highest BCUT2D eigenvalue weighted by Crippen LogP contribution is 2.50. The van der Waals surface area contributed by atoms with Gasteiger partial charge in [0.05, 0.1) is 0 Å². The third kappa shape index (κ3) is 1.50. The van der Waals surface area contributed by atoms with E-state index in [4.69, 9.17) is 8.85 Å². The lowest BCUT2D eigenvalue weighted by molar-refractivity contribution is 0.230. The average molecular weight is 174 g/mol. The lowest BCUT2D eigenvalue weighted by Crippen LogP contribution is -2.43. The summed E-state index contributed by atoms with van der Waals surface area (Å²) in [5.74, 6) is 0. The molecule has 3 heteroatoms. The van der Waals surface area contributed by atoms with Gasteiger partial charge in [0.1, 0.15) is 0 Å². The summed E-state index contributed by atoms with van der Waals surface area (Å²) in [6.07, 6.45) is 2.62. The predicted molar refractivity (Wildman–Crippen MR) is 47.9 cm³/mol. The fraction of sp³-hybridized carbons (Fsp3) is 1.00. The molecule has 11 heavy (non-hydrogen) atoms. The molecule has 0 aromatic rings. The molecule has 1 aliphatic carbocycles. The van der Waals surface area contributed by atoms with Gasteiger partial charge in [-0.25, -0.2) is 0 Å². The Morgan fingerprint density at radius 2 is 1.64 bits per heavy atom. The first-order valence-corrected chi connectivity index (χ1v) is 6.24. The molecule has 0 heterocycles. The summed E-state index contributed by atoms with van der Waals surface area (Å²) in [5.41, 5.74) is 1.34. The third-order valence-electron chi connectivity index (χ3n) is 2.59. The Hall–Kier alpha value is 0.137. The summed E-state index contributed by atoms with van der Waals surface area (Å²) in [5, 5.41) is 0. The second kappa shape index (κ2) is 3.25. The molecule has 1 aliphatic rings. The number of rotatable bonds is 4. The third-order valence-corrected chi connectivity index (χ3v) is 7.19. The molecule has 0 unspecified atom stereocenters. The van der Waals surface area contributed by atoms with Crippen LogP contribution in [0.5, 0.6) is 0 Å². The van der Waals surface area contributed by atoms with Crippen molar-refractivity contribution in [2.24, 2.45) is 0 Å². The summed E-state index contributed by atoms with van der Waals surface area (Å²) < 4.78 is 11.2. The molecule has 0 amide bonds. The minimum Gasteiger partial charge on any atom is -0.397 e. The summed E-state index contributed by atoms with van der Waals surface area (Å²) in [6.45, 7) is 4.41. The molecule has 66 valence electrons. The quantitative estimate of drug-likeness (QED) is 0.609. The van der Waals surface area contributed by atoms with Crippen LogP contribution < -0.4 is 0 Å². The molecule has 1 saturated carbocycles. The van der Waals surface area contributed by atoms with Gasteiger partial charge < -0.3 is 8.85 Å². The van der Waals surface area contributed by atoms with E-state index in [-0.39, 0.29) is 0 Å². The van der Waals surface area contributed by atoms with E-state index < -0.39 is 8.56 Å². The van der Waals surface area contributed by atoms with E-state index in [1.54, 1.807) is 14.2 Å². The Morgan fingerprint density at radius 3 is 1.73 bits per heavy atom. The van der Waals surface area contributed by atoms with Crippen molar-refractivity contribution >= 4 is 8.56 Å². The Morgan fingerprint density at radius 1 is 1.18 bits per heavy atom. The van der Waals surface area contributed by atoms with Crippen molar-refractivity contribution in [2.45, 2.75) is 37.8 Å². The lowest BCUT2D eigenvalue weighted by atomic mass is 10.6. The Balaban J connectivity index is 2.65. The maximum Gasteiger partial charge on any atom is 0.343 e. The zero-order valence-electron chi connectivity index (χ0n) is 7.89. The summed E-state index contributed by atoms with van der Waals surface area (Å²) >= 11 is 0. The Kier molecular flexibility index (Phi) is 2.73. The van der Waals surface area contributed by atoms with Gasteiger partial charge in [0.25, 0.3) is 0 Å². The van der Waals surface area contributed by atoms with Crippen molar-refractivity contribution in [3.63, 3.8) is 0 Å². The van der Waals surface area contributed by atoms with Gasteiger partial charge in [-0.05, 0) is 18.4 Å². The van der Waals surface area contributed by atoms with Crippen LogP contribution in [0.15, 0.2) is 0 Å². The van der Waals surface area contributed by atoms with Gasteiger partial charge in [0.2, 0.25) is 0 Å². The van der Waals surface area contributed by atoms with Crippen LogP contribution in [0, 0.1) is 0 Å². The number of hydrogen-bond acceptors (Lipinski definition) is 2. The standard InChI is InChI=1S/C8H18O2Si/c1-7(2)11(9-3,10-4)8-5-6-8/h7-8H,5-6H2,1-4H3. The van der Waals surface area contributed by atoms with E-state index in [1.165, 1.54) is 12.8 Å². The van der Waals surface area contributed by atoms with Crippen molar-refractivity contribution < 1.29 is 8.85 Å². The summed E-state index contributed by atoms with van der Waals surface area (Å²) in [4.78, 5) is 0. The molecule has 0 bridgehead atoms. The van der Waals surface area contributed by atoms with Crippen LogP contribution >= 0.6 is 0 Å². The molecule has 2 nitrogen and oxygen atoms in total. The van der Waals surface area contributed by atoms with Crippen molar-refractivity contribution in [1.29, 1.82) is 0 Å². The van der Waals surface area contributed by atoms with Crippen molar-refractivity contribution in [2.75, 3.05) is 14.2 Å². The van der Waals surface area contributed by atoms with Crippen LogP contribution in [0.25, 0.3) is 0 Å². The van der Waals surface area contributed by atoms with E-state index in [0.29, 0.717) is 5.54 Å². The van der Waals surface area contributed by atoms with Crippen molar-refractivity contribution in [3.8, 4) is 0 Å². The normalized spacial score (nSPS) is 19.4. The molecule has 0 N–H and O–H groups in total. The van der Waals surface area contributed by atoms with Crippen LogP contribution in [0.2, 0.25) is 11.1 Å². The maximum absolute atomic E-state index is 5.59. The van der Waals surface area contributed by atoms with E-state index >= 15 is 0 Å². The fourth-order valence-electron chi connectivity index (χ4n) is 1.85. The molecule has 0 aliphatic heterocycles. The topological polar surface area (TPSA) is 18.5 Å². The molecule has 1 rings (SSSR count). The monoisotopic (exact) mass is 174 g/mol. The molecule has 0 aromatic heterocycles. The van der Waals surface area contributed by atoms with Gasteiger partial charge in [0, 0.05) is 19.8 Å². The first-order valence-electron chi connectivity index (χ1n) is 4.27. The van der Waals surface area contributed by atoms with E-state index in [1.807, 2.05) is 0 Å². The highest BCUT2D eigenvalue weighted by atomic mass is 28.4. The molecular formula is C8H18O2Si. The second-order valence-corrected chi connectivity index (χ2v) is 7.79. The van der Waals surface area contributed by atoms with E-state index in [0.717, 1.165) is 5.54 Å². The van der Waals surface area contributed by atoms with Crippen LogP contribution in [0.1, 0.15) is 26.7 Å². The zero-order valence-corrected chi connectivity index (χ0v) is 8.89. The van der Waals surface area contributed by atoms with Gasteiger partial charge in [-0.2, -0.15) is 0 Å². The highest BCUT2D eigenvalue weighted by molar-refractivity contribution is 6.71. The molecule has 0 spiro atoms. The summed E-state index contributed by atoms with van der Waals surface area (Å²) in [6, 6.07) is 0. The molecule has 0 aromatic carbocycles. The van der Waals surface area contributed by atoms with Crippen molar-refractivity contribution in [3.05, 3.63) is 0 Å².